The molecule has 5 rings (SSSR count). The van der Waals surface area contributed by atoms with Crippen molar-refractivity contribution < 1.29 is 32.5 Å². The highest BCUT2D eigenvalue weighted by Gasteiger charge is 2.39. The molecule has 0 N–H and O–H groups in total. The summed E-state index contributed by atoms with van der Waals surface area (Å²) < 4.78 is 51.8. The number of esters is 1. The van der Waals surface area contributed by atoms with Crippen molar-refractivity contribution in [1.82, 2.24) is 14.4 Å². The summed E-state index contributed by atoms with van der Waals surface area (Å²) in [4.78, 5) is 21.5. The van der Waals surface area contributed by atoms with Crippen LogP contribution in [-0.4, -0.2) is 60.5 Å². The largest absolute Gasteiger partial charge is 0.461 e. The molecule has 0 amide bonds. The van der Waals surface area contributed by atoms with Crippen LogP contribution in [0.4, 0.5) is 8.78 Å². The van der Waals surface area contributed by atoms with Crippen molar-refractivity contribution in [1.29, 1.82) is 0 Å². The van der Waals surface area contributed by atoms with E-state index in [1.54, 1.807) is 19.3 Å². The number of methoxy groups -OCH3 is 1. The van der Waals surface area contributed by atoms with Crippen molar-refractivity contribution >= 4 is 11.5 Å². The molecule has 5 heterocycles. The SMILES string of the molecule is CCOC(=O)c1cc2c(-c3cc(C(F)F)cc([C@]4(OC)CCOC4)n3)cc(C3CCOC3)n2cn1. The number of pyridine rings is 1. The molecule has 1 unspecified atom stereocenters. The van der Waals surface area contributed by atoms with Crippen LogP contribution in [0.2, 0.25) is 0 Å². The van der Waals surface area contributed by atoms with E-state index in [0.29, 0.717) is 48.7 Å². The van der Waals surface area contributed by atoms with E-state index in [1.807, 2.05) is 10.5 Å². The van der Waals surface area contributed by atoms with Crippen LogP contribution in [0, 0.1) is 0 Å². The second kappa shape index (κ2) is 9.60. The Morgan fingerprint density at radius 3 is 2.77 bits per heavy atom. The summed E-state index contributed by atoms with van der Waals surface area (Å²) >= 11 is 0. The smallest absolute Gasteiger partial charge is 0.357 e. The van der Waals surface area contributed by atoms with Crippen molar-refractivity contribution in [3.63, 3.8) is 0 Å². The van der Waals surface area contributed by atoms with Crippen LogP contribution in [0.15, 0.2) is 30.6 Å². The molecule has 2 aliphatic rings. The standard InChI is InChI=1S/C25H27F2N3O5/c1-3-35-24(31)19-11-21-17(10-20(30(21)14-28-19)15-4-6-33-12-15)18-8-16(23(26)27)9-22(29-18)25(32-2)5-7-34-13-25/h8-11,14-15,23H,3-7,12-13H2,1-2H3/t15?,25-/m0/s1. The number of hydrogen-bond acceptors (Lipinski definition) is 7. The minimum atomic E-state index is -2.69. The van der Waals surface area contributed by atoms with Gasteiger partial charge in [0, 0.05) is 49.5 Å². The van der Waals surface area contributed by atoms with Gasteiger partial charge in [-0.05, 0) is 37.6 Å². The van der Waals surface area contributed by atoms with Gasteiger partial charge in [0.25, 0.3) is 6.43 Å². The number of hydrogen-bond donors (Lipinski definition) is 0. The number of alkyl halides is 2. The van der Waals surface area contributed by atoms with E-state index in [4.69, 9.17) is 23.9 Å². The molecule has 0 bridgehead atoms. The molecule has 2 fully saturated rings. The molecule has 2 aliphatic heterocycles. The predicted octanol–water partition coefficient (Wildman–Crippen LogP) is 4.28. The fraction of sp³-hybridized carbons (Fsp3) is 0.480. The molecule has 0 aromatic carbocycles. The predicted molar refractivity (Wildman–Crippen MR) is 122 cm³/mol. The first-order valence-electron chi connectivity index (χ1n) is 11.7. The van der Waals surface area contributed by atoms with Crippen LogP contribution in [-0.2, 0) is 24.5 Å². The van der Waals surface area contributed by atoms with Gasteiger partial charge in [-0.15, -0.1) is 0 Å². The summed E-state index contributed by atoms with van der Waals surface area (Å²) in [5.41, 5.74) is 2.02. The summed E-state index contributed by atoms with van der Waals surface area (Å²) in [6.45, 7) is 3.82. The molecule has 2 saturated heterocycles. The number of rotatable bonds is 7. The van der Waals surface area contributed by atoms with Gasteiger partial charge in [-0.3, -0.25) is 0 Å². The number of ether oxygens (including phenoxy) is 4. The maximum absolute atomic E-state index is 14.0. The molecule has 2 atom stereocenters. The zero-order valence-electron chi connectivity index (χ0n) is 19.6. The molecule has 0 aliphatic carbocycles. The lowest BCUT2D eigenvalue weighted by Crippen LogP contribution is -2.30. The highest BCUT2D eigenvalue weighted by Crippen LogP contribution is 2.39. The van der Waals surface area contributed by atoms with Gasteiger partial charge in [-0.25, -0.2) is 23.5 Å². The second-order valence-corrected chi connectivity index (χ2v) is 8.77. The summed E-state index contributed by atoms with van der Waals surface area (Å²) in [5.74, 6) is -0.442. The third-order valence-corrected chi connectivity index (χ3v) is 6.74. The number of carbonyl (C=O) groups is 1. The molecule has 0 radical (unpaired) electrons. The fourth-order valence-corrected chi connectivity index (χ4v) is 4.79. The van der Waals surface area contributed by atoms with Crippen LogP contribution in [0.3, 0.4) is 0 Å². The van der Waals surface area contributed by atoms with Crippen molar-refractivity contribution in [3.8, 4) is 11.3 Å². The Hall–Kier alpha value is -2.95. The van der Waals surface area contributed by atoms with E-state index in [1.165, 1.54) is 19.2 Å². The van der Waals surface area contributed by atoms with Crippen LogP contribution >= 0.6 is 0 Å². The Balaban J connectivity index is 1.71. The number of fused-ring (bicyclic) bond motifs is 1. The first kappa shape index (κ1) is 23.8. The van der Waals surface area contributed by atoms with E-state index in [-0.39, 0.29) is 30.4 Å². The zero-order chi connectivity index (χ0) is 24.6. The summed E-state index contributed by atoms with van der Waals surface area (Å²) in [5, 5.41) is 0. The molecular weight excluding hydrogens is 460 g/mol. The van der Waals surface area contributed by atoms with E-state index in [2.05, 4.69) is 4.98 Å². The molecular formula is C25H27F2N3O5. The number of halogens is 2. The Kier molecular flexibility index (Phi) is 6.52. The van der Waals surface area contributed by atoms with E-state index in [0.717, 1.165) is 12.1 Å². The van der Waals surface area contributed by atoms with Crippen LogP contribution in [0.1, 0.15) is 59.5 Å². The number of nitrogens with zero attached hydrogens (tertiary/aromatic N) is 3. The van der Waals surface area contributed by atoms with Gasteiger partial charge in [0.2, 0.25) is 0 Å². The Morgan fingerprint density at radius 1 is 1.26 bits per heavy atom. The second-order valence-electron chi connectivity index (χ2n) is 8.77. The third kappa shape index (κ3) is 4.30. The first-order chi connectivity index (χ1) is 17.0. The molecule has 0 saturated carbocycles. The quantitative estimate of drug-likeness (QED) is 0.460. The van der Waals surface area contributed by atoms with Gasteiger partial charge in [-0.1, -0.05) is 0 Å². The monoisotopic (exact) mass is 487 g/mol. The maximum atomic E-state index is 14.0. The topological polar surface area (TPSA) is 84.2 Å². The van der Waals surface area contributed by atoms with Crippen molar-refractivity contribution in [2.24, 2.45) is 0 Å². The van der Waals surface area contributed by atoms with Gasteiger partial charge >= 0.3 is 5.97 Å². The molecule has 0 spiro atoms. The molecule has 3 aromatic heterocycles. The summed E-state index contributed by atoms with van der Waals surface area (Å²) in [6, 6.07) is 6.33. The third-order valence-electron chi connectivity index (χ3n) is 6.74. The van der Waals surface area contributed by atoms with Gasteiger partial charge in [0.1, 0.15) is 11.9 Å². The van der Waals surface area contributed by atoms with Crippen molar-refractivity contribution in [2.75, 3.05) is 40.1 Å². The highest BCUT2D eigenvalue weighted by atomic mass is 19.3. The molecule has 3 aromatic rings. The highest BCUT2D eigenvalue weighted by molar-refractivity contribution is 5.91. The van der Waals surface area contributed by atoms with E-state index in [9.17, 15) is 13.6 Å². The minimum Gasteiger partial charge on any atom is -0.461 e. The lowest BCUT2D eigenvalue weighted by atomic mass is 9.95. The molecule has 186 valence electrons. The van der Waals surface area contributed by atoms with E-state index >= 15 is 0 Å². The zero-order valence-corrected chi connectivity index (χ0v) is 19.6. The van der Waals surface area contributed by atoms with Crippen molar-refractivity contribution in [3.05, 3.63) is 53.2 Å². The van der Waals surface area contributed by atoms with Crippen LogP contribution < -0.4 is 0 Å². The van der Waals surface area contributed by atoms with Gasteiger partial charge < -0.3 is 23.3 Å². The lowest BCUT2D eigenvalue weighted by molar-refractivity contribution is -0.0247. The molecule has 35 heavy (non-hydrogen) atoms. The normalized spacial score (nSPS) is 22.4. The van der Waals surface area contributed by atoms with Gasteiger partial charge in [0.15, 0.2) is 5.69 Å². The average molecular weight is 488 g/mol. The average Bonchev–Trinajstić information content (AvgIpc) is 3.63. The Labute approximate surface area is 201 Å². The van der Waals surface area contributed by atoms with Crippen LogP contribution in [0.25, 0.3) is 16.8 Å². The lowest BCUT2D eigenvalue weighted by Gasteiger charge is -2.26. The van der Waals surface area contributed by atoms with Gasteiger partial charge in [-0.2, -0.15) is 0 Å². The molecule has 10 heteroatoms. The number of carbonyl (C=O) groups excluding carboxylic acids is 1. The van der Waals surface area contributed by atoms with E-state index < -0.39 is 18.0 Å². The first-order valence-corrected chi connectivity index (χ1v) is 11.7. The Morgan fingerprint density at radius 2 is 2.11 bits per heavy atom. The number of aromatic nitrogens is 3. The van der Waals surface area contributed by atoms with Crippen LogP contribution in [0.5, 0.6) is 0 Å². The molecule has 8 nitrogen and oxygen atoms in total. The minimum absolute atomic E-state index is 0.109. The summed E-state index contributed by atoms with van der Waals surface area (Å²) in [7, 11) is 1.54. The maximum Gasteiger partial charge on any atom is 0.357 e. The summed E-state index contributed by atoms with van der Waals surface area (Å²) in [6.07, 6.45) is 0.212. The fourth-order valence-electron chi connectivity index (χ4n) is 4.79. The Bertz CT molecular complexity index is 1230. The van der Waals surface area contributed by atoms with Crippen molar-refractivity contribution in [2.45, 2.75) is 37.7 Å². The van der Waals surface area contributed by atoms with Gasteiger partial charge in [0.05, 0.1) is 36.7 Å².